The first-order valence-electron chi connectivity index (χ1n) is 8.57. The quantitative estimate of drug-likeness (QED) is 0.677. The first kappa shape index (κ1) is 18.8. The number of nitrogens with zero attached hydrogens (tertiary/aromatic N) is 2. The molecule has 0 aliphatic rings. The standard InChI is InChI=1S/C20H20N2O4S/c1-3-18(16-7-5-4-6-8-16)19(23)21-13-14-22(20(21)24)27(25,26)17-11-9-15(2)10-12-17/h4-14,18H,3H2,1-2H3. The van der Waals surface area contributed by atoms with Crippen molar-refractivity contribution in [2.24, 2.45) is 0 Å². The van der Waals surface area contributed by atoms with Crippen LogP contribution in [0, 0.1) is 6.92 Å². The molecular formula is C20H20N2O4S. The lowest BCUT2D eigenvalue weighted by Crippen LogP contribution is -2.34. The van der Waals surface area contributed by atoms with E-state index in [0.717, 1.165) is 21.9 Å². The normalized spacial score (nSPS) is 12.7. The number of benzene rings is 2. The van der Waals surface area contributed by atoms with Crippen LogP contribution in [-0.4, -0.2) is 22.9 Å². The van der Waals surface area contributed by atoms with Gasteiger partial charge < -0.3 is 0 Å². The lowest BCUT2D eigenvalue weighted by Gasteiger charge is -2.13. The Kier molecular flexibility index (Phi) is 5.14. The maximum Gasteiger partial charge on any atom is 0.349 e. The fourth-order valence-corrected chi connectivity index (χ4v) is 4.16. The van der Waals surface area contributed by atoms with Gasteiger partial charge in [-0.2, -0.15) is 3.97 Å². The van der Waals surface area contributed by atoms with Gasteiger partial charge in [0.25, 0.3) is 10.0 Å². The lowest BCUT2D eigenvalue weighted by molar-refractivity contribution is 0.0870. The molecule has 1 atom stereocenters. The molecule has 1 aromatic heterocycles. The van der Waals surface area contributed by atoms with Crippen LogP contribution < -0.4 is 5.69 Å². The molecule has 0 N–H and O–H groups in total. The topological polar surface area (TPSA) is 78.1 Å². The third kappa shape index (κ3) is 3.50. The molecule has 1 heterocycles. The molecule has 0 saturated heterocycles. The molecule has 0 bridgehead atoms. The maximum absolute atomic E-state index is 12.9. The van der Waals surface area contributed by atoms with Crippen molar-refractivity contribution in [2.45, 2.75) is 31.1 Å². The molecular weight excluding hydrogens is 364 g/mol. The number of hydrogen-bond acceptors (Lipinski definition) is 4. The number of hydrogen-bond donors (Lipinski definition) is 0. The van der Waals surface area contributed by atoms with E-state index in [1.54, 1.807) is 12.1 Å². The summed E-state index contributed by atoms with van der Waals surface area (Å²) in [7, 11) is -4.07. The van der Waals surface area contributed by atoms with Gasteiger partial charge in [-0.05, 0) is 31.0 Å². The summed E-state index contributed by atoms with van der Waals surface area (Å²) < 4.78 is 27.0. The largest absolute Gasteiger partial charge is 0.349 e. The van der Waals surface area contributed by atoms with Gasteiger partial charge in [0, 0.05) is 12.4 Å². The molecule has 7 heteroatoms. The molecule has 0 aliphatic carbocycles. The number of rotatable bonds is 5. The monoisotopic (exact) mass is 384 g/mol. The molecule has 0 aliphatic heterocycles. The van der Waals surface area contributed by atoms with Crippen LogP contribution in [0.5, 0.6) is 0 Å². The van der Waals surface area contributed by atoms with Crippen molar-refractivity contribution in [1.29, 1.82) is 0 Å². The Bertz CT molecular complexity index is 1110. The van der Waals surface area contributed by atoms with Crippen LogP contribution in [0.25, 0.3) is 0 Å². The summed E-state index contributed by atoms with van der Waals surface area (Å²) in [5, 5.41) is 0. The Morgan fingerprint density at radius 1 is 1.00 bits per heavy atom. The molecule has 3 rings (SSSR count). The molecule has 3 aromatic rings. The summed E-state index contributed by atoms with van der Waals surface area (Å²) >= 11 is 0. The Labute approximate surface area is 157 Å². The average Bonchev–Trinajstić information content (AvgIpc) is 3.06. The number of carbonyl (C=O) groups excluding carboxylic acids is 1. The summed E-state index contributed by atoms with van der Waals surface area (Å²) in [5.41, 5.74) is 0.795. The van der Waals surface area contributed by atoms with E-state index in [4.69, 9.17) is 0 Å². The Morgan fingerprint density at radius 3 is 2.22 bits per heavy atom. The minimum absolute atomic E-state index is 0.00417. The fraction of sp³-hybridized carbons (Fsp3) is 0.200. The Morgan fingerprint density at radius 2 is 1.63 bits per heavy atom. The molecule has 140 valence electrons. The highest BCUT2D eigenvalue weighted by atomic mass is 32.2. The highest BCUT2D eigenvalue weighted by Crippen LogP contribution is 2.21. The van der Waals surface area contributed by atoms with Crippen molar-refractivity contribution in [1.82, 2.24) is 8.54 Å². The van der Waals surface area contributed by atoms with E-state index >= 15 is 0 Å². The van der Waals surface area contributed by atoms with Gasteiger partial charge >= 0.3 is 5.69 Å². The van der Waals surface area contributed by atoms with E-state index in [0.29, 0.717) is 10.4 Å². The van der Waals surface area contributed by atoms with Crippen molar-refractivity contribution in [3.63, 3.8) is 0 Å². The van der Waals surface area contributed by atoms with Gasteiger partial charge in [0.05, 0.1) is 10.8 Å². The predicted octanol–water partition coefficient (Wildman–Crippen LogP) is 3.03. The van der Waals surface area contributed by atoms with E-state index in [1.165, 1.54) is 18.3 Å². The van der Waals surface area contributed by atoms with Gasteiger partial charge in [-0.1, -0.05) is 55.0 Å². The molecule has 0 fully saturated rings. The van der Waals surface area contributed by atoms with E-state index in [-0.39, 0.29) is 4.90 Å². The highest BCUT2D eigenvalue weighted by Gasteiger charge is 2.26. The van der Waals surface area contributed by atoms with Crippen molar-refractivity contribution in [3.05, 3.63) is 88.6 Å². The predicted molar refractivity (Wildman–Crippen MR) is 103 cm³/mol. The molecule has 0 spiro atoms. The van der Waals surface area contributed by atoms with Crippen LogP contribution in [-0.2, 0) is 10.0 Å². The summed E-state index contributed by atoms with van der Waals surface area (Å²) in [6.45, 7) is 3.69. The number of aryl methyl sites for hydroxylation is 1. The molecule has 0 radical (unpaired) electrons. The highest BCUT2D eigenvalue weighted by molar-refractivity contribution is 7.90. The number of aromatic nitrogens is 2. The van der Waals surface area contributed by atoms with Gasteiger partial charge in [-0.15, -0.1) is 0 Å². The SMILES string of the molecule is CCC(C(=O)n1ccn(S(=O)(=O)c2ccc(C)cc2)c1=O)c1ccccc1. The van der Waals surface area contributed by atoms with E-state index in [1.807, 2.05) is 44.2 Å². The first-order valence-corrected chi connectivity index (χ1v) is 10.0. The van der Waals surface area contributed by atoms with Crippen LogP contribution in [0.2, 0.25) is 0 Å². The zero-order valence-corrected chi connectivity index (χ0v) is 15.9. The summed E-state index contributed by atoms with van der Waals surface area (Å²) in [4.78, 5) is 25.5. The van der Waals surface area contributed by atoms with Crippen molar-refractivity contribution < 1.29 is 13.2 Å². The van der Waals surface area contributed by atoms with Crippen LogP contribution in [0.1, 0.15) is 35.2 Å². The van der Waals surface area contributed by atoms with Gasteiger partial charge in [0.2, 0.25) is 5.91 Å². The van der Waals surface area contributed by atoms with Crippen LogP contribution in [0.15, 0.2) is 76.7 Å². The van der Waals surface area contributed by atoms with Crippen LogP contribution >= 0.6 is 0 Å². The summed E-state index contributed by atoms with van der Waals surface area (Å²) in [6.07, 6.45) is 2.82. The maximum atomic E-state index is 12.9. The van der Waals surface area contributed by atoms with Crippen molar-refractivity contribution in [2.75, 3.05) is 0 Å². The van der Waals surface area contributed by atoms with E-state index < -0.39 is 27.5 Å². The van der Waals surface area contributed by atoms with Crippen LogP contribution in [0.4, 0.5) is 0 Å². The molecule has 0 amide bonds. The second-order valence-corrected chi connectivity index (χ2v) is 8.09. The Hall–Kier alpha value is -2.93. The number of imidazole rings is 1. The average molecular weight is 384 g/mol. The molecule has 27 heavy (non-hydrogen) atoms. The third-order valence-corrected chi connectivity index (χ3v) is 6.13. The zero-order valence-electron chi connectivity index (χ0n) is 15.1. The molecule has 2 aromatic carbocycles. The third-order valence-electron chi connectivity index (χ3n) is 4.47. The minimum atomic E-state index is -4.07. The fourth-order valence-electron chi connectivity index (χ4n) is 2.94. The second-order valence-electron chi connectivity index (χ2n) is 6.27. The smallest absolute Gasteiger partial charge is 0.273 e. The lowest BCUT2D eigenvalue weighted by atomic mass is 9.96. The summed E-state index contributed by atoms with van der Waals surface area (Å²) in [5.74, 6) is -0.978. The van der Waals surface area contributed by atoms with E-state index in [9.17, 15) is 18.0 Å². The molecule has 6 nitrogen and oxygen atoms in total. The van der Waals surface area contributed by atoms with Gasteiger partial charge in [0.1, 0.15) is 0 Å². The van der Waals surface area contributed by atoms with Crippen molar-refractivity contribution >= 4 is 15.9 Å². The minimum Gasteiger partial charge on any atom is -0.273 e. The van der Waals surface area contributed by atoms with Gasteiger partial charge in [-0.25, -0.2) is 17.8 Å². The second kappa shape index (κ2) is 7.36. The van der Waals surface area contributed by atoms with Gasteiger partial charge in [-0.3, -0.25) is 4.79 Å². The molecule has 1 unspecified atom stereocenters. The van der Waals surface area contributed by atoms with Crippen LogP contribution in [0.3, 0.4) is 0 Å². The molecule has 0 saturated carbocycles. The van der Waals surface area contributed by atoms with E-state index in [2.05, 4.69) is 0 Å². The Balaban J connectivity index is 2.01. The number of carbonyl (C=O) groups is 1. The zero-order chi connectivity index (χ0) is 19.6. The first-order chi connectivity index (χ1) is 12.9. The van der Waals surface area contributed by atoms with Crippen molar-refractivity contribution in [3.8, 4) is 0 Å². The summed E-state index contributed by atoms with van der Waals surface area (Å²) in [6, 6.07) is 15.3. The van der Waals surface area contributed by atoms with Gasteiger partial charge in [0.15, 0.2) is 0 Å².